The van der Waals surface area contributed by atoms with Gasteiger partial charge in [0.1, 0.15) is 0 Å². The van der Waals surface area contributed by atoms with Crippen LogP contribution in [0.5, 0.6) is 0 Å². The van der Waals surface area contributed by atoms with Gasteiger partial charge in [-0.3, -0.25) is 0 Å². The average molecular weight is 281 g/mol. The fourth-order valence-electron chi connectivity index (χ4n) is 2.12. The van der Waals surface area contributed by atoms with Gasteiger partial charge in [-0.25, -0.2) is 4.79 Å². The monoisotopic (exact) mass is 281 g/mol. The lowest BCUT2D eigenvalue weighted by Crippen LogP contribution is -2.10. The Hall–Kier alpha value is -2.55. The molecule has 2 N–H and O–H groups in total. The molecule has 21 heavy (non-hydrogen) atoms. The van der Waals surface area contributed by atoms with E-state index in [1.807, 2.05) is 37.3 Å². The number of carbonyl (C=O) groups is 1. The molecule has 0 saturated heterocycles. The van der Waals surface area contributed by atoms with Gasteiger partial charge in [0, 0.05) is 11.8 Å². The zero-order chi connectivity index (χ0) is 15.1. The predicted octanol–water partition coefficient (Wildman–Crippen LogP) is 4.18. The lowest BCUT2D eigenvalue weighted by atomic mass is 10.0. The highest BCUT2D eigenvalue weighted by Gasteiger charge is 2.09. The Balaban J connectivity index is 2.17. The van der Waals surface area contributed by atoms with Gasteiger partial charge < -0.3 is 10.4 Å². The number of aliphatic carboxylic acids is 1. The number of hydrogen-bond donors (Lipinski definition) is 2. The van der Waals surface area contributed by atoms with Crippen molar-refractivity contribution in [3.8, 4) is 0 Å². The molecule has 1 atom stereocenters. The number of benzene rings is 2. The van der Waals surface area contributed by atoms with E-state index in [2.05, 4.69) is 29.6 Å². The van der Waals surface area contributed by atoms with E-state index in [0.29, 0.717) is 6.42 Å². The summed E-state index contributed by atoms with van der Waals surface area (Å²) in [7, 11) is 0. The van der Waals surface area contributed by atoms with Gasteiger partial charge in [-0.05, 0) is 31.0 Å². The SMILES string of the molecule is Cc1ccc(C(C/C=C/C(=O)O)Nc2ccccc2)cc1. The average Bonchev–Trinajstić information content (AvgIpc) is 2.48. The molecule has 0 aromatic heterocycles. The van der Waals surface area contributed by atoms with Crippen molar-refractivity contribution < 1.29 is 9.90 Å². The van der Waals surface area contributed by atoms with E-state index >= 15 is 0 Å². The van der Waals surface area contributed by atoms with E-state index in [4.69, 9.17) is 5.11 Å². The van der Waals surface area contributed by atoms with E-state index in [1.54, 1.807) is 6.08 Å². The molecule has 0 saturated carbocycles. The highest BCUT2D eigenvalue weighted by Crippen LogP contribution is 2.23. The molecule has 0 fully saturated rings. The zero-order valence-corrected chi connectivity index (χ0v) is 12.0. The number of carboxylic acid groups (broad SMARTS) is 1. The molecule has 0 amide bonds. The van der Waals surface area contributed by atoms with Crippen LogP contribution < -0.4 is 5.32 Å². The smallest absolute Gasteiger partial charge is 0.327 e. The fourth-order valence-corrected chi connectivity index (χ4v) is 2.12. The molecule has 1 unspecified atom stereocenters. The molecule has 2 aromatic carbocycles. The summed E-state index contributed by atoms with van der Waals surface area (Å²) in [5.74, 6) is -0.919. The fraction of sp³-hybridized carbons (Fsp3) is 0.167. The van der Waals surface area contributed by atoms with Gasteiger partial charge in [0.05, 0.1) is 6.04 Å². The van der Waals surface area contributed by atoms with Crippen molar-refractivity contribution in [1.82, 2.24) is 0 Å². The molecule has 0 aliphatic carbocycles. The summed E-state index contributed by atoms with van der Waals surface area (Å²) in [6, 6.07) is 18.2. The van der Waals surface area contributed by atoms with E-state index < -0.39 is 5.97 Å². The van der Waals surface area contributed by atoms with Crippen LogP contribution in [0, 0.1) is 6.92 Å². The Morgan fingerprint density at radius 3 is 2.43 bits per heavy atom. The second-order valence-electron chi connectivity index (χ2n) is 4.95. The van der Waals surface area contributed by atoms with E-state index in [1.165, 1.54) is 11.6 Å². The lowest BCUT2D eigenvalue weighted by molar-refractivity contribution is -0.131. The summed E-state index contributed by atoms with van der Waals surface area (Å²) >= 11 is 0. The van der Waals surface area contributed by atoms with Crippen molar-refractivity contribution >= 4 is 11.7 Å². The normalized spacial score (nSPS) is 12.2. The van der Waals surface area contributed by atoms with Crippen molar-refractivity contribution in [2.24, 2.45) is 0 Å². The molecule has 108 valence electrons. The Morgan fingerprint density at radius 2 is 1.81 bits per heavy atom. The first-order valence-electron chi connectivity index (χ1n) is 6.93. The third kappa shape index (κ3) is 4.80. The van der Waals surface area contributed by atoms with Crippen LogP contribution in [0.1, 0.15) is 23.6 Å². The summed E-state index contributed by atoms with van der Waals surface area (Å²) in [4.78, 5) is 10.6. The maximum atomic E-state index is 10.6. The molecule has 0 heterocycles. The molecule has 0 spiro atoms. The Labute approximate surface area is 124 Å². The maximum Gasteiger partial charge on any atom is 0.327 e. The Bertz CT molecular complexity index is 603. The van der Waals surface area contributed by atoms with E-state index in [0.717, 1.165) is 11.3 Å². The van der Waals surface area contributed by atoms with Crippen LogP contribution in [0.25, 0.3) is 0 Å². The first kappa shape index (κ1) is 14.9. The largest absolute Gasteiger partial charge is 0.478 e. The lowest BCUT2D eigenvalue weighted by Gasteiger charge is -2.19. The van der Waals surface area contributed by atoms with Gasteiger partial charge >= 0.3 is 5.97 Å². The van der Waals surface area contributed by atoms with Gasteiger partial charge in [-0.2, -0.15) is 0 Å². The van der Waals surface area contributed by atoms with Crippen molar-refractivity contribution in [2.75, 3.05) is 5.32 Å². The van der Waals surface area contributed by atoms with Crippen LogP contribution in [0.3, 0.4) is 0 Å². The quantitative estimate of drug-likeness (QED) is 0.781. The number of aryl methyl sites for hydroxylation is 1. The topological polar surface area (TPSA) is 49.3 Å². The summed E-state index contributed by atoms with van der Waals surface area (Å²) in [6.07, 6.45) is 3.49. The molecule has 0 aliphatic heterocycles. The van der Waals surface area contributed by atoms with Gasteiger partial charge in [0.2, 0.25) is 0 Å². The minimum absolute atomic E-state index is 0.0450. The first-order chi connectivity index (χ1) is 10.1. The number of rotatable bonds is 6. The highest BCUT2D eigenvalue weighted by molar-refractivity contribution is 5.79. The number of carboxylic acids is 1. The number of hydrogen-bond acceptors (Lipinski definition) is 2. The number of nitrogens with one attached hydrogen (secondary N) is 1. The van der Waals surface area contributed by atoms with Crippen molar-refractivity contribution in [3.05, 3.63) is 77.9 Å². The molecule has 2 aromatic rings. The highest BCUT2D eigenvalue weighted by atomic mass is 16.4. The van der Waals surface area contributed by atoms with Crippen LogP contribution in [0.2, 0.25) is 0 Å². The predicted molar refractivity (Wildman–Crippen MR) is 85.4 cm³/mol. The van der Waals surface area contributed by atoms with Crippen LogP contribution >= 0.6 is 0 Å². The number of para-hydroxylation sites is 1. The summed E-state index contributed by atoms with van der Waals surface area (Å²) in [5, 5.41) is 12.2. The minimum Gasteiger partial charge on any atom is -0.478 e. The van der Waals surface area contributed by atoms with E-state index in [-0.39, 0.29) is 6.04 Å². The van der Waals surface area contributed by atoms with Gasteiger partial charge in [-0.1, -0.05) is 54.1 Å². The van der Waals surface area contributed by atoms with Gasteiger partial charge in [-0.15, -0.1) is 0 Å². The molecular formula is C18H19NO2. The standard InChI is InChI=1S/C18H19NO2/c1-14-10-12-15(13-11-14)17(8-5-9-18(20)21)19-16-6-3-2-4-7-16/h2-7,9-13,17,19H,8H2,1H3,(H,20,21)/b9-5+. The van der Waals surface area contributed by atoms with Gasteiger partial charge in [0.25, 0.3) is 0 Å². The van der Waals surface area contributed by atoms with Gasteiger partial charge in [0.15, 0.2) is 0 Å². The van der Waals surface area contributed by atoms with Crippen LogP contribution in [0.15, 0.2) is 66.7 Å². The zero-order valence-electron chi connectivity index (χ0n) is 12.0. The van der Waals surface area contributed by atoms with Crippen LogP contribution in [0.4, 0.5) is 5.69 Å². The molecule has 3 nitrogen and oxygen atoms in total. The van der Waals surface area contributed by atoms with Crippen LogP contribution in [-0.2, 0) is 4.79 Å². The van der Waals surface area contributed by atoms with Crippen molar-refractivity contribution in [3.63, 3.8) is 0 Å². The summed E-state index contributed by atoms with van der Waals surface area (Å²) in [5.41, 5.74) is 3.37. The second kappa shape index (κ2) is 7.29. The molecule has 0 radical (unpaired) electrons. The molecule has 0 aliphatic rings. The van der Waals surface area contributed by atoms with E-state index in [9.17, 15) is 4.79 Å². The second-order valence-corrected chi connectivity index (χ2v) is 4.95. The minimum atomic E-state index is -0.919. The Kier molecular flexibility index (Phi) is 5.16. The summed E-state index contributed by atoms with van der Waals surface area (Å²) < 4.78 is 0. The maximum absolute atomic E-state index is 10.6. The Morgan fingerprint density at radius 1 is 1.14 bits per heavy atom. The molecule has 2 rings (SSSR count). The molecule has 0 bridgehead atoms. The third-order valence-electron chi connectivity index (χ3n) is 3.23. The summed E-state index contributed by atoms with van der Waals surface area (Å²) in [6.45, 7) is 2.05. The van der Waals surface area contributed by atoms with Crippen molar-refractivity contribution in [2.45, 2.75) is 19.4 Å². The molecule has 3 heteroatoms. The third-order valence-corrected chi connectivity index (χ3v) is 3.23. The van der Waals surface area contributed by atoms with Crippen LogP contribution in [-0.4, -0.2) is 11.1 Å². The molecular weight excluding hydrogens is 262 g/mol. The van der Waals surface area contributed by atoms with Crippen molar-refractivity contribution in [1.29, 1.82) is 0 Å². The first-order valence-corrected chi connectivity index (χ1v) is 6.93. The number of anilines is 1.